The Labute approximate surface area is 169 Å². The van der Waals surface area contributed by atoms with Crippen molar-refractivity contribution in [3.05, 3.63) is 58.7 Å². The van der Waals surface area contributed by atoms with E-state index in [0.717, 1.165) is 6.07 Å². The molecule has 156 valence electrons. The number of urea groups is 1. The van der Waals surface area contributed by atoms with Gasteiger partial charge >= 0.3 is 12.2 Å². The molecule has 1 aromatic heterocycles. The topological polar surface area (TPSA) is 74.2 Å². The number of aromatic nitrogens is 1. The quantitative estimate of drug-likeness (QED) is 0.526. The first kappa shape index (κ1) is 20.2. The first-order valence-corrected chi connectivity index (χ1v) is 9.28. The van der Waals surface area contributed by atoms with Crippen LogP contribution in [0, 0.1) is 23.6 Å². The van der Waals surface area contributed by atoms with Crippen LogP contribution in [0.15, 0.2) is 30.5 Å². The number of carbonyl (C=O) groups excluding carboxylic acids is 1. The standard InChI is InChI=1S/C21H17F4N3O2/c22-17-9-16-18(8-14(17)7-15-4-3-13(11-29)10-26-15)27-19(30)28-20(16,21(23,24)25)6-5-12-1-2-12/h3-4,8-10,12,29H,1-2,7,11H2,(H2,27,28,30)/t20-/m0/s1. The lowest BCUT2D eigenvalue weighted by Crippen LogP contribution is -2.59. The fourth-order valence-electron chi connectivity index (χ4n) is 3.24. The molecule has 1 aromatic carbocycles. The number of carbonyl (C=O) groups is 1. The molecule has 5 nitrogen and oxygen atoms in total. The van der Waals surface area contributed by atoms with Gasteiger partial charge in [0.05, 0.1) is 6.61 Å². The third kappa shape index (κ3) is 3.71. The highest BCUT2D eigenvalue weighted by atomic mass is 19.4. The number of rotatable bonds is 3. The van der Waals surface area contributed by atoms with E-state index in [9.17, 15) is 22.4 Å². The molecule has 3 N–H and O–H groups in total. The van der Waals surface area contributed by atoms with Crippen LogP contribution < -0.4 is 10.6 Å². The molecule has 9 heteroatoms. The Bertz CT molecular complexity index is 1050. The number of hydrogen-bond acceptors (Lipinski definition) is 3. The van der Waals surface area contributed by atoms with E-state index in [2.05, 4.69) is 22.1 Å². The number of benzene rings is 1. The zero-order valence-corrected chi connectivity index (χ0v) is 15.6. The molecule has 0 unspecified atom stereocenters. The first-order valence-electron chi connectivity index (χ1n) is 9.28. The van der Waals surface area contributed by atoms with Gasteiger partial charge in [-0.25, -0.2) is 9.18 Å². The molecule has 1 saturated carbocycles. The van der Waals surface area contributed by atoms with Gasteiger partial charge in [0.1, 0.15) is 5.82 Å². The number of pyridine rings is 1. The summed E-state index contributed by atoms with van der Waals surface area (Å²) in [6.07, 6.45) is -2.11. The summed E-state index contributed by atoms with van der Waals surface area (Å²) in [4.78, 5) is 16.2. The molecule has 2 aromatic rings. The van der Waals surface area contributed by atoms with Crippen molar-refractivity contribution in [3.8, 4) is 11.8 Å². The highest BCUT2D eigenvalue weighted by Crippen LogP contribution is 2.45. The molecule has 0 saturated heterocycles. The van der Waals surface area contributed by atoms with E-state index in [4.69, 9.17) is 5.11 Å². The second-order valence-electron chi connectivity index (χ2n) is 7.35. The van der Waals surface area contributed by atoms with Crippen LogP contribution in [0.5, 0.6) is 0 Å². The van der Waals surface area contributed by atoms with Crippen molar-refractivity contribution in [2.75, 3.05) is 5.32 Å². The molecule has 0 radical (unpaired) electrons. The monoisotopic (exact) mass is 419 g/mol. The maximum Gasteiger partial charge on any atom is 0.427 e. The van der Waals surface area contributed by atoms with Gasteiger partial charge in [-0.15, -0.1) is 0 Å². The van der Waals surface area contributed by atoms with Crippen molar-refractivity contribution < 1.29 is 27.5 Å². The molecule has 30 heavy (non-hydrogen) atoms. The largest absolute Gasteiger partial charge is 0.427 e. The Balaban J connectivity index is 1.77. The number of nitrogens with zero attached hydrogens (tertiary/aromatic N) is 1. The molecule has 1 atom stereocenters. The van der Waals surface area contributed by atoms with Gasteiger partial charge in [-0.05, 0) is 42.2 Å². The van der Waals surface area contributed by atoms with Gasteiger partial charge in [0.2, 0.25) is 5.54 Å². The Morgan fingerprint density at radius 3 is 2.63 bits per heavy atom. The van der Waals surface area contributed by atoms with Crippen LogP contribution in [0.1, 0.15) is 35.2 Å². The number of hydrogen-bond donors (Lipinski definition) is 3. The van der Waals surface area contributed by atoms with Crippen LogP contribution in [-0.4, -0.2) is 22.3 Å². The molecule has 1 fully saturated rings. The minimum atomic E-state index is -4.95. The summed E-state index contributed by atoms with van der Waals surface area (Å²) in [5.74, 6) is 3.74. The summed E-state index contributed by atoms with van der Waals surface area (Å²) >= 11 is 0. The predicted octanol–water partition coefficient (Wildman–Crippen LogP) is 3.61. The van der Waals surface area contributed by atoms with Crippen molar-refractivity contribution in [1.82, 2.24) is 10.3 Å². The smallest absolute Gasteiger partial charge is 0.392 e. The third-order valence-electron chi connectivity index (χ3n) is 5.05. The van der Waals surface area contributed by atoms with Crippen LogP contribution in [0.25, 0.3) is 0 Å². The average Bonchev–Trinajstić information content (AvgIpc) is 3.51. The molecular formula is C21H17F4N3O2. The summed E-state index contributed by atoms with van der Waals surface area (Å²) < 4.78 is 57.0. The van der Waals surface area contributed by atoms with E-state index < -0.39 is 29.1 Å². The number of fused-ring (bicyclic) bond motifs is 1. The summed E-state index contributed by atoms with van der Waals surface area (Å²) in [7, 11) is 0. The number of alkyl halides is 3. The highest BCUT2D eigenvalue weighted by Gasteiger charge is 2.59. The Morgan fingerprint density at radius 2 is 2.03 bits per heavy atom. The van der Waals surface area contributed by atoms with Gasteiger partial charge < -0.3 is 15.7 Å². The zero-order chi connectivity index (χ0) is 21.5. The number of anilines is 1. The van der Waals surface area contributed by atoms with Crippen molar-refractivity contribution in [2.24, 2.45) is 5.92 Å². The van der Waals surface area contributed by atoms with Crippen molar-refractivity contribution in [1.29, 1.82) is 0 Å². The van der Waals surface area contributed by atoms with Crippen molar-refractivity contribution in [2.45, 2.75) is 37.6 Å². The van der Waals surface area contributed by atoms with Crippen molar-refractivity contribution in [3.63, 3.8) is 0 Å². The van der Waals surface area contributed by atoms with Crippen LogP contribution in [-0.2, 0) is 18.6 Å². The number of halogens is 4. The Hall–Kier alpha value is -3.12. The third-order valence-corrected chi connectivity index (χ3v) is 5.05. The fourth-order valence-corrected chi connectivity index (χ4v) is 3.24. The van der Waals surface area contributed by atoms with Gasteiger partial charge in [0.25, 0.3) is 0 Å². The van der Waals surface area contributed by atoms with Crippen LogP contribution >= 0.6 is 0 Å². The van der Waals surface area contributed by atoms with Gasteiger partial charge in [0, 0.05) is 35.5 Å². The summed E-state index contributed by atoms with van der Waals surface area (Å²) in [5.41, 5.74) is -2.49. The van der Waals surface area contributed by atoms with Gasteiger partial charge in [0.15, 0.2) is 0 Å². The van der Waals surface area contributed by atoms with E-state index in [-0.39, 0.29) is 30.2 Å². The molecular weight excluding hydrogens is 402 g/mol. The number of aliphatic hydroxyl groups is 1. The minimum absolute atomic E-state index is 0.000884. The minimum Gasteiger partial charge on any atom is -0.392 e. The number of amides is 2. The Morgan fingerprint density at radius 1 is 1.27 bits per heavy atom. The Kier molecular flexibility index (Phi) is 4.90. The first-order chi connectivity index (χ1) is 14.2. The van der Waals surface area contributed by atoms with Crippen LogP contribution in [0.3, 0.4) is 0 Å². The lowest BCUT2D eigenvalue weighted by atomic mass is 9.85. The molecule has 0 bridgehead atoms. The predicted molar refractivity (Wildman–Crippen MR) is 99.8 cm³/mol. The van der Waals surface area contributed by atoms with Gasteiger partial charge in [-0.3, -0.25) is 4.98 Å². The van der Waals surface area contributed by atoms with E-state index in [0.29, 0.717) is 24.1 Å². The highest BCUT2D eigenvalue weighted by molar-refractivity contribution is 5.95. The maximum atomic E-state index is 14.8. The van der Waals surface area contributed by atoms with Crippen LogP contribution in [0.2, 0.25) is 0 Å². The second-order valence-corrected chi connectivity index (χ2v) is 7.35. The molecule has 2 heterocycles. The molecule has 1 aliphatic heterocycles. The van der Waals surface area contributed by atoms with E-state index in [1.165, 1.54) is 12.3 Å². The van der Waals surface area contributed by atoms with Crippen LogP contribution in [0.4, 0.5) is 28.0 Å². The van der Waals surface area contributed by atoms with E-state index >= 15 is 0 Å². The van der Waals surface area contributed by atoms with Gasteiger partial charge in [-0.2, -0.15) is 13.2 Å². The maximum absolute atomic E-state index is 14.8. The fraction of sp³-hybridized carbons (Fsp3) is 0.333. The molecule has 2 aliphatic rings. The lowest BCUT2D eigenvalue weighted by Gasteiger charge is -2.37. The molecule has 2 amide bonds. The second kappa shape index (κ2) is 7.29. The zero-order valence-electron chi connectivity index (χ0n) is 15.6. The number of nitrogens with one attached hydrogen (secondary N) is 2. The van der Waals surface area contributed by atoms with E-state index in [1.807, 2.05) is 5.32 Å². The molecule has 4 rings (SSSR count). The van der Waals surface area contributed by atoms with Gasteiger partial charge in [-0.1, -0.05) is 17.9 Å². The summed E-state index contributed by atoms with van der Waals surface area (Å²) in [6.45, 7) is -0.194. The average molecular weight is 419 g/mol. The molecule has 1 aliphatic carbocycles. The number of aliphatic hydroxyl groups excluding tert-OH is 1. The van der Waals surface area contributed by atoms with E-state index in [1.54, 1.807) is 12.1 Å². The normalized spacial score (nSPS) is 20.5. The SMILES string of the molecule is O=C1Nc2cc(Cc3ccc(CO)cn3)c(F)cc2[C@@](C#CC2CC2)(C(F)(F)F)N1. The van der Waals surface area contributed by atoms with Crippen molar-refractivity contribution >= 4 is 11.7 Å². The summed E-state index contributed by atoms with van der Waals surface area (Å²) in [5, 5.41) is 13.3. The summed E-state index contributed by atoms with van der Waals surface area (Å²) in [6, 6.07) is 4.10. The lowest BCUT2D eigenvalue weighted by molar-refractivity contribution is -0.178. The molecule has 0 spiro atoms.